The fourth-order valence-corrected chi connectivity index (χ4v) is 2.19. The van der Waals surface area contributed by atoms with E-state index in [1.165, 1.54) is 0 Å². The number of methoxy groups -OCH3 is 1. The highest BCUT2D eigenvalue weighted by Crippen LogP contribution is 2.35. The van der Waals surface area contributed by atoms with Crippen molar-refractivity contribution in [2.45, 2.75) is 26.6 Å². The molecular weight excluding hydrogens is 252 g/mol. The molecule has 1 atom stereocenters. The van der Waals surface area contributed by atoms with Crippen LogP contribution in [0.4, 0.5) is 0 Å². The van der Waals surface area contributed by atoms with Gasteiger partial charge in [-0.05, 0) is 31.5 Å². The molecule has 0 bridgehead atoms. The van der Waals surface area contributed by atoms with E-state index in [2.05, 4.69) is 0 Å². The highest BCUT2D eigenvalue weighted by Gasteiger charge is 2.14. The Labute approximate surface area is 119 Å². The maximum absolute atomic E-state index is 9.74. The fourth-order valence-electron chi connectivity index (χ4n) is 2.19. The van der Waals surface area contributed by atoms with Crippen LogP contribution < -0.4 is 9.47 Å². The number of rotatable bonds is 5. The van der Waals surface area contributed by atoms with Gasteiger partial charge in [-0.15, -0.1) is 0 Å². The molecule has 0 aliphatic carbocycles. The number of hydrogen-bond acceptors (Lipinski definition) is 3. The molecule has 0 saturated heterocycles. The van der Waals surface area contributed by atoms with E-state index in [1.54, 1.807) is 14.0 Å². The molecule has 3 heteroatoms. The van der Waals surface area contributed by atoms with Gasteiger partial charge in [-0.25, -0.2) is 0 Å². The number of benzene rings is 2. The van der Waals surface area contributed by atoms with Crippen molar-refractivity contribution in [3.8, 4) is 11.5 Å². The van der Waals surface area contributed by atoms with Gasteiger partial charge < -0.3 is 14.6 Å². The second-order valence-electron chi connectivity index (χ2n) is 4.76. The van der Waals surface area contributed by atoms with Crippen LogP contribution in [0.1, 0.15) is 29.7 Å². The van der Waals surface area contributed by atoms with Crippen molar-refractivity contribution < 1.29 is 14.6 Å². The Hall–Kier alpha value is -2.00. The Morgan fingerprint density at radius 2 is 1.80 bits per heavy atom. The van der Waals surface area contributed by atoms with Crippen LogP contribution in [0.15, 0.2) is 42.5 Å². The molecule has 0 spiro atoms. The van der Waals surface area contributed by atoms with Crippen LogP contribution in [0, 0.1) is 6.92 Å². The van der Waals surface area contributed by atoms with Crippen LogP contribution in [-0.2, 0) is 6.61 Å². The van der Waals surface area contributed by atoms with E-state index >= 15 is 0 Å². The predicted octanol–water partition coefficient (Wildman–Crippen LogP) is 3.64. The largest absolute Gasteiger partial charge is 0.496 e. The van der Waals surface area contributed by atoms with Crippen molar-refractivity contribution in [2.75, 3.05) is 7.11 Å². The first-order valence-corrected chi connectivity index (χ1v) is 6.65. The van der Waals surface area contributed by atoms with Crippen LogP contribution in [-0.4, -0.2) is 12.2 Å². The SMILES string of the molecule is COc1c([C@@H](C)O)ccc(OCc2ccccc2)c1C. The van der Waals surface area contributed by atoms with Gasteiger partial charge in [0, 0.05) is 11.1 Å². The summed E-state index contributed by atoms with van der Waals surface area (Å²) in [7, 11) is 1.61. The zero-order valence-corrected chi connectivity index (χ0v) is 12.1. The molecule has 2 rings (SSSR count). The first kappa shape index (κ1) is 14.4. The van der Waals surface area contributed by atoms with Gasteiger partial charge in [-0.1, -0.05) is 30.3 Å². The normalized spacial score (nSPS) is 12.0. The smallest absolute Gasteiger partial charge is 0.131 e. The molecule has 106 valence electrons. The molecule has 0 heterocycles. The first-order valence-electron chi connectivity index (χ1n) is 6.65. The minimum absolute atomic E-state index is 0.513. The van der Waals surface area contributed by atoms with Crippen LogP contribution in [0.3, 0.4) is 0 Å². The Morgan fingerprint density at radius 3 is 2.40 bits per heavy atom. The Bertz CT molecular complexity index is 562. The maximum Gasteiger partial charge on any atom is 0.131 e. The van der Waals surface area contributed by atoms with Gasteiger partial charge in [-0.3, -0.25) is 0 Å². The first-order chi connectivity index (χ1) is 9.63. The summed E-state index contributed by atoms with van der Waals surface area (Å²) in [4.78, 5) is 0. The lowest BCUT2D eigenvalue weighted by Crippen LogP contribution is -2.02. The van der Waals surface area contributed by atoms with E-state index in [-0.39, 0.29) is 0 Å². The second-order valence-corrected chi connectivity index (χ2v) is 4.76. The van der Waals surface area contributed by atoms with Gasteiger partial charge >= 0.3 is 0 Å². The van der Waals surface area contributed by atoms with Gasteiger partial charge in [0.25, 0.3) is 0 Å². The third-order valence-corrected chi connectivity index (χ3v) is 3.28. The van der Waals surface area contributed by atoms with Crippen molar-refractivity contribution in [1.82, 2.24) is 0 Å². The van der Waals surface area contributed by atoms with Gasteiger partial charge in [0.2, 0.25) is 0 Å². The number of aliphatic hydroxyl groups excluding tert-OH is 1. The van der Waals surface area contributed by atoms with Crippen molar-refractivity contribution >= 4 is 0 Å². The van der Waals surface area contributed by atoms with Gasteiger partial charge in [-0.2, -0.15) is 0 Å². The number of ether oxygens (including phenoxy) is 2. The molecule has 0 radical (unpaired) electrons. The highest BCUT2D eigenvalue weighted by atomic mass is 16.5. The molecule has 20 heavy (non-hydrogen) atoms. The minimum Gasteiger partial charge on any atom is -0.496 e. The number of aliphatic hydroxyl groups is 1. The van der Waals surface area contributed by atoms with Crippen molar-refractivity contribution in [3.63, 3.8) is 0 Å². The summed E-state index contributed by atoms with van der Waals surface area (Å²) in [6.45, 7) is 4.17. The average molecular weight is 272 g/mol. The lowest BCUT2D eigenvalue weighted by molar-refractivity contribution is 0.193. The highest BCUT2D eigenvalue weighted by molar-refractivity contribution is 5.50. The quantitative estimate of drug-likeness (QED) is 0.903. The van der Waals surface area contributed by atoms with E-state index in [1.807, 2.05) is 49.4 Å². The van der Waals surface area contributed by atoms with Crippen LogP contribution in [0.25, 0.3) is 0 Å². The molecule has 0 aliphatic heterocycles. The van der Waals surface area contributed by atoms with Gasteiger partial charge in [0.15, 0.2) is 0 Å². The molecule has 2 aromatic rings. The second kappa shape index (κ2) is 6.44. The van der Waals surface area contributed by atoms with E-state index in [0.29, 0.717) is 12.4 Å². The molecule has 3 nitrogen and oxygen atoms in total. The molecule has 0 saturated carbocycles. The number of hydrogen-bond donors (Lipinski definition) is 1. The monoisotopic (exact) mass is 272 g/mol. The standard InChI is InChI=1S/C17H20O3/c1-12-16(20-11-14-7-5-4-6-8-14)10-9-15(13(2)18)17(12)19-3/h4-10,13,18H,11H2,1-3H3/t13-/m1/s1. The molecule has 0 amide bonds. The molecule has 0 unspecified atom stereocenters. The molecular formula is C17H20O3. The minimum atomic E-state index is -0.563. The summed E-state index contributed by atoms with van der Waals surface area (Å²) in [5.41, 5.74) is 2.80. The zero-order chi connectivity index (χ0) is 14.5. The molecule has 2 aromatic carbocycles. The van der Waals surface area contributed by atoms with Crippen LogP contribution >= 0.6 is 0 Å². The lowest BCUT2D eigenvalue weighted by atomic mass is 10.0. The summed E-state index contributed by atoms with van der Waals surface area (Å²) in [6, 6.07) is 13.7. The fraction of sp³-hybridized carbons (Fsp3) is 0.294. The van der Waals surface area contributed by atoms with Gasteiger partial charge in [0.1, 0.15) is 18.1 Å². The third kappa shape index (κ3) is 3.11. The van der Waals surface area contributed by atoms with E-state index < -0.39 is 6.10 Å². The summed E-state index contributed by atoms with van der Waals surface area (Å²) in [5.74, 6) is 1.46. The van der Waals surface area contributed by atoms with E-state index in [9.17, 15) is 5.11 Å². The summed E-state index contributed by atoms with van der Waals surface area (Å²) in [6.07, 6.45) is -0.563. The Kier molecular flexibility index (Phi) is 4.64. The third-order valence-electron chi connectivity index (χ3n) is 3.28. The van der Waals surface area contributed by atoms with E-state index in [0.717, 1.165) is 22.4 Å². The molecule has 1 N–H and O–H groups in total. The summed E-state index contributed by atoms with van der Waals surface area (Å²) in [5, 5.41) is 9.74. The summed E-state index contributed by atoms with van der Waals surface area (Å²) < 4.78 is 11.2. The topological polar surface area (TPSA) is 38.7 Å². The Morgan fingerprint density at radius 1 is 1.10 bits per heavy atom. The molecule has 0 aromatic heterocycles. The zero-order valence-electron chi connectivity index (χ0n) is 12.1. The van der Waals surface area contributed by atoms with Crippen LogP contribution in [0.2, 0.25) is 0 Å². The molecule has 0 aliphatic rings. The Balaban J connectivity index is 2.21. The predicted molar refractivity (Wildman–Crippen MR) is 79.1 cm³/mol. The van der Waals surface area contributed by atoms with Crippen LogP contribution in [0.5, 0.6) is 11.5 Å². The molecule has 0 fully saturated rings. The van der Waals surface area contributed by atoms with Crippen molar-refractivity contribution in [2.24, 2.45) is 0 Å². The maximum atomic E-state index is 9.74. The van der Waals surface area contributed by atoms with E-state index in [4.69, 9.17) is 9.47 Å². The van der Waals surface area contributed by atoms with Gasteiger partial charge in [0.05, 0.1) is 13.2 Å². The van der Waals surface area contributed by atoms with Crippen molar-refractivity contribution in [3.05, 3.63) is 59.2 Å². The lowest BCUT2D eigenvalue weighted by Gasteiger charge is -2.17. The summed E-state index contributed by atoms with van der Waals surface area (Å²) >= 11 is 0. The average Bonchev–Trinajstić information content (AvgIpc) is 2.46. The van der Waals surface area contributed by atoms with Crippen molar-refractivity contribution in [1.29, 1.82) is 0 Å².